The predicted octanol–water partition coefficient (Wildman–Crippen LogP) is -0.667. The maximum Gasteiger partial charge on any atom is 0.250 e. The first-order valence-electron chi connectivity index (χ1n) is 4.41. The Bertz CT molecular complexity index is 152. The summed E-state index contributed by atoms with van der Waals surface area (Å²) in [5, 5.41) is 0. The summed E-state index contributed by atoms with van der Waals surface area (Å²) in [5.74, 6) is 4.83. The lowest BCUT2D eigenvalue weighted by Crippen LogP contribution is -2.46. The van der Waals surface area contributed by atoms with Gasteiger partial charge in [0.15, 0.2) is 0 Å². The van der Waals surface area contributed by atoms with Crippen LogP contribution < -0.4 is 11.3 Å². The Balaban J connectivity index is 3.68. The van der Waals surface area contributed by atoms with Gasteiger partial charge in [0.2, 0.25) is 0 Å². The first kappa shape index (κ1) is 12.3. The second-order valence-electron chi connectivity index (χ2n) is 2.86. The Kier molecular flexibility index (Phi) is 6.48. The molecule has 0 saturated carbocycles. The highest BCUT2D eigenvalue weighted by Crippen LogP contribution is 1.94. The van der Waals surface area contributed by atoms with Crippen LogP contribution in [0.5, 0.6) is 0 Å². The first-order chi connectivity index (χ1) is 6.13. The number of nitrogens with two attached hydrogens (primary N) is 1. The standard InChI is InChI=1S/C8H19N3O2/c1-4-13-6-5-11(3)7(2)8(12)10-9/h7H,4-6,9H2,1-3H3,(H,10,12). The summed E-state index contributed by atoms with van der Waals surface area (Å²) >= 11 is 0. The van der Waals surface area contributed by atoms with Crippen molar-refractivity contribution in [1.29, 1.82) is 0 Å². The number of rotatable bonds is 6. The quantitative estimate of drug-likeness (QED) is 0.252. The van der Waals surface area contributed by atoms with E-state index in [1.807, 2.05) is 18.9 Å². The molecule has 0 saturated heterocycles. The Hall–Kier alpha value is -0.650. The van der Waals surface area contributed by atoms with Crippen LogP contribution in [0.1, 0.15) is 13.8 Å². The van der Waals surface area contributed by atoms with Crippen molar-refractivity contribution in [3.63, 3.8) is 0 Å². The van der Waals surface area contributed by atoms with Gasteiger partial charge in [-0.1, -0.05) is 0 Å². The minimum atomic E-state index is -0.217. The van der Waals surface area contributed by atoms with Gasteiger partial charge in [-0.3, -0.25) is 15.1 Å². The topological polar surface area (TPSA) is 67.6 Å². The Morgan fingerprint density at radius 2 is 2.31 bits per heavy atom. The molecule has 0 heterocycles. The van der Waals surface area contributed by atoms with Crippen LogP contribution in [0.4, 0.5) is 0 Å². The monoisotopic (exact) mass is 189 g/mol. The van der Waals surface area contributed by atoms with E-state index in [1.54, 1.807) is 6.92 Å². The number of nitrogens with zero attached hydrogens (tertiary/aromatic N) is 1. The van der Waals surface area contributed by atoms with Crippen molar-refractivity contribution in [2.45, 2.75) is 19.9 Å². The van der Waals surface area contributed by atoms with Gasteiger partial charge in [0.25, 0.3) is 5.91 Å². The lowest BCUT2D eigenvalue weighted by atomic mass is 10.3. The summed E-state index contributed by atoms with van der Waals surface area (Å²) in [6.45, 7) is 5.80. The molecule has 0 aromatic carbocycles. The highest BCUT2D eigenvalue weighted by atomic mass is 16.5. The number of carbonyl (C=O) groups is 1. The van der Waals surface area contributed by atoms with Crippen molar-refractivity contribution in [2.75, 3.05) is 26.8 Å². The largest absolute Gasteiger partial charge is 0.380 e. The van der Waals surface area contributed by atoms with Crippen LogP contribution in [0, 0.1) is 0 Å². The Morgan fingerprint density at radius 1 is 1.69 bits per heavy atom. The molecule has 0 rings (SSSR count). The molecular weight excluding hydrogens is 170 g/mol. The van der Waals surface area contributed by atoms with Crippen LogP contribution in [0.2, 0.25) is 0 Å². The molecule has 78 valence electrons. The molecule has 0 spiro atoms. The fourth-order valence-electron chi connectivity index (χ4n) is 0.867. The molecule has 0 aromatic rings. The van der Waals surface area contributed by atoms with E-state index in [9.17, 15) is 4.79 Å². The third-order valence-corrected chi connectivity index (χ3v) is 1.98. The second kappa shape index (κ2) is 6.82. The summed E-state index contributed by atoms with van der Waals surface area (Å²) in [7, 11) is 1.86. The molecule has 0 radical (unpaired) electrons. The molecule has 0 aliphatic rings. The van der Waals surface area contributed by atoms with E-state index in [2.05, 4.69) is 5.43 Å². The molecule has 5 nitrogen and oxygen atoms in total. The number of ether oxygens (including phenoxy) is 1. The number of hydrogen-bond donors (Lipinski definition) is 2. The second-order valence-corrected chi connectivity index (χ2v) is 2.86. The third kappa shape index (κ3) is 4.82. The van der Waals surface area contributed by atoms with Crippen molar-refractivity contribution in [1.82, 2.24) is 10.3 Å². The van der Waals surface area contributed by atoms with E-state index in [0.717, 1.165) is 6.54 Å². The van der Waals surface area contributed by atoms with Crippen LogP contribution >= 0.6 is 0 Å². The van der Waals surface area contributed by atoms with Crippen molar-refractivity contribution < 1.29 is 9.53 Å². The smallest absolute Gasteiger partial charge is 0.250 e. The molecular formula is C8H19N3O2. The molecule has 0 aromatic heterocycles. The predicted molar refractivity (Wildman–Crippen MR) is 50.9 cm³/mol. The molecule has 5 heteroatoms. The maximum atomic E-state index is 11.1. The SMILES string of the molecule is CCOCCN(C)C(C)C(=O)NN. The van der Waals surface area contributed by atoms with Gasteiger partial charge in [0, 0.05) is 13.2 Å². The van der Waals surface area contributed by atoms with Gasteiger partial charge in [-0.25, -0.2) is 5.84 Å². The number of likely N-dealkylation sites (N-methyl/N-ethyl adjacent to an activating group) is 1. The summed E-state index contributed by atoms with van der Waals surface area (Å²) in [5.41, 5.74) is 2.11. The zero-order valence-electron chi connectivity index (χ0n) is 8.54. The van der Waals surface area contributed by atoms with Crippen molar-refractivity contribution in [3.8, 4) is 0 Å². The van der Waals surface area contributed by atoms with Crippen molar-refractivity contribution in [2.24, 2.45) is 5.84 Å². The molecule has 1 amide bonds. The molecule has 1 unspecified atom stereocenters. The number of carbonyl (C=O) groups excluding carboxylic acids is 1. The van der Waals surface area contributed by atoms with Crippen molar-refractivity contribution >= 4 is 5.91 Å². The molecule has 0 bridgehead atoms. The minimum Gasteiger partial charge on any atom is -0.380 e. The zero-order chi connectivity index (χ0) is 10.3. The third-order valence-electron chi connectivity index (χ3n) is 1.98. The van der Waals surface area contributed by atoms with E-state index in [4.69, 9.17) is 10.6 Å². The number of hydrazine groups is 1. The fourth-order valence-corrected chi connectivity index (χ4v) is 0.867. The lowest BCUT2D eigenvalue weighted by Gasteiger charge is -2.22. The Morgan fingerprint density at radius 3 is 2.77 bits per heavy atom. The molecule has 3 N–H and O–H groups in total. The van der Waals surface area contributed by atoms with Crippen LogP contribution in [-0.2, 0) is 9.53 Å². The van der Waals surface area contributed by atoms with Gasteiger partial charge in [-0.2, -0.15) is 0 Å². The summed E-state index contributed by atoms with van der Waals surface area (Å²) < 4.78 is 5.16. The van der Waals surface area contributed by atoms with E-state index in [1.165, 1.54) is 0 Å². The van der Waals surface area contributed by atoms with Gasteiger partial charge >= 0.3 is 0 Å². The number of hydrogen-bond acceptors (Lipinski definition) is 4. The zero-order valence-corrected chi connectivity index (χ0v) is 8.54. The van der Waals surface area contributed by atoms with E-state index in [-0.39, 0.29) is 11.9 Å². The van der Waals surface area contributed by atoms with Crippen LogP contribution in [-0.4, -0.2) is 43.7 Å². The highest BCUT2D eigenvalue weighted by Gasteiger charge is 2.15. The molecule has 13 heavy (non-hydrogen) atoms. The number of nitrogens with one attached hydrogen (secondary N) is 1. The Labute approximate surface area is 79.2 Å². The molecule has 0 aliphatic carbocycles. The van der Waals surface area contributed by atoms with Gasteiger partial charge in [-0.15, -0.1) is 0 Å². The molecule has 0 aliphatic heterocycles. The van der Waals surface area contributed by atoms with Crippen LogP contribution in [0.25, 0.3) is 0 Å². The molecule has 0 fully saturated rings. The lowest BCUT2D eigenvalue weighted by molar-refractivity contribution is -0.125. The highest BCUT2D eigenvalue weighted by molar-refractivity contribution is 5.80. The first-order valence-corrected chi connectivity index (χ1v) is 4.41. The van der Waals surface area contributed by atoms with Crippen LogP contribution in [0.3, 0.4) is 0 Å². The summed E-state index contributed by atoms with van der Waals surface area (Å²) in [6, 6.07) is -0.217. The average Bonchev–Trinajstić information content (AvgIpc) is 2.15. The van der Waals surface area contributed by atoms with Crippen molar-refractivity contribution in [3.05, 3.63) is 0 Å². The maximum absolute atomic E-state index is 11.1. The van der Waals surface area contributed by atoms with Gasteiger partial charge < -0.3 is 4.74 Å². The van der Waals surface area contributed by atoms with Gasteiger partial charge in [0.05, 0.1) is 12.6 Å². The van der Waals surface area contributed by atoms with E-state index < -0.39 is 0 Å². The fraction of sp³-hybridized carbons (Fsp3) is 0.875. The van der Waals surface area contributed by atoms with E-state index in [0.29, 0.717) is 13.2 Å². The average molecular weight is 189 g/mol. The van der Waals surface area contributed by atoms with Crippen LogP contribution in [0.15, 0.2) is 0 Å². The minimum absolute atomic E-state index is 0.181. The summed E-state index contributed by atoms with van der Waals surface area (Å²) in [6.07, 6.45) is 0. The number of amides is 1. The van der Waals surface area contributed by atoms with Gasteiger partial charge in [0.1, 0.15) is 0 Å². The van der Waals surface area contributed by atoms with Gasteiger partial charge in [-0.05, 0) is 20.9 Å². The molecule has 1 atom stereocenters. The normalized spacial score (nSPS) is 13.0. The summed E-state index contributed by atoms with van der Waals surface area (Å²) in [4.78, 5) is 13.0. The van der Waals surface area contributed by atoms with E-state index >= 15 is 0 Å².